The van der Waals surface area contributed by atoms with Gasteiger partial charge in [0.15, 0.2) is 10.9 Å². The number of furan rings is 1. The quantitative estimate of drug-likeness (QED) is 0.349. The largest absolute Gasteiger partial charge is 0.457 e. The topological polar surface area (TPSA) is 90.2 Å². The summed E-state index contributed by atoms with van der Waals surface area (Å²) in [5, 5.41) is 2.54. The molecule has 0 aliphatic carbocycles. The van der Waals surface area contributed by atoms with Crippen molar-refractivity contribution in [3.05, 3.63) is 83.8 Å². The second kappa shape index (κ2) is 8.99. The van der Waals surface area contributed by atoms with Crippen molar-refractivity contribution < 1.29 is 28.2 Å². The molecule has 2 fully saturated rings. The van der Waals surface area contributed by atoms with Crippen LogP contribution in [-0.4, -0.2) is 30.1 Å². The molecule has 166 valence electrons. The number of nitrogens with zero attached hydrogens (tertiary/aromatic N) is 1. The summed E-state index contributed by atoms with van der Waals surface area (Å²) in [6, 6.07) is 19.5. The number of rotatable bonds is 5. The molecule has 2 aliphatic rings. The third-order valence-corrected chi connectivity index (χ3v) is 5.25. The Morgan fingerprint density at radius 2 is 1.64 bits per heavy atom. The van der Waals surface area contributed by atoms with Gasteiger partial charge in [0.05, 0.1) is 18.9 Å². The molecule has 9 heteroatoms. The SMILES string of the molecule is O=C1NC(=S)N(c2ccc(Oc3ccccc3)cc2)C(=O)/C1=C\c1ccc(C2OCCO2)o1. The molecule has 5 rings (SSSR count). The maximum atomic E-state index is 13.2. The lowest BCUT2D eigenvalue weighted by molar-refractivity contribution is -0.122. The van der Waals surface area contributed by atoms with Gasteiger partial charge in [-0.3, -0.25) is 19.8 Å². The van der Waals surface area contributed by atoms with Gasteiger partial charge >= 0.3 is 0 Å². The third kappa shape index (κ3) is 4.42. The first kappa shape index (κ1) is 21.1. The number of amides is 2. The molecule has 2 amide bonds. The number of nitrogens with one attached hydrogen (secondary N) is 1. The van der Waals surface area contributed by atoms with E-state index >= 15 is 0 Å². The molecule has 1 aromatic heterocycles. The van der Waals surface area contributed by atoms with Crippen molar-refractivity contribution in [2.24, 2.45) is 0 Å². The fraction of sp³-hybridized carbons (Fsp3) is 0.125. The summed E-state index contributed by atoms with van der Waals surface area (Å²) in [5.41, 5.74) is 0.381. The zero-order valence-corrected chi connectivity index (χ0v) is 18.0. The average Bonchev–Trinajstić information content (AvgIpc) is 3.50. The first-order valence-corrected chi connectivity index (χ1v) is 10.6. The first-order valence-electron chi connectivity index (χ1n) is 10.2. The fourth-order valence-electron chi connectivity index (χ4n) is 3.42. The number of carbonyl (C=O) groups is 2. The van der Waals surface area contributed by atoms with Crippen LogP contribution in [0.3, 0.4) is 0 Å². The lowest BCUT2D eigenvalue weighted by atomic mass is 10.1. The maximum absolute atomic E-state index is 13.2. The van der Waals surface area contributed by atoms with Crippen molar-refractivity contribution in [2.75, 3.05) is 18.1 Å². The molecule has 0 spiro atoms. The molecular formula is C24H18N2O6S. The van der Waals surface area contributed by atoms with Gasteiger partial charge in [-0.2, -0.15) is 0 Å². The van der Waals surface area contributed by atoms with Gasteiger partial charge in [-0.05, 0) is 66.8 Å². The number of hydrogen-bond donors (Lipinski definition) is 1. The van der Waals surface area contributed by atoms with E-state index in [-0.39, 0.29) is 10.7 Å². The standard InChI is InChI=1S/C24H18N2O6S/c27-21-19(14-18-10-11-20(32-18)23-29-12-13-30-23)22(28)26(24(33)25-21)15-6-8-17(9-7-15)31-16-4-2-1-3-5-16/h1-11,14,23H,12-13H2,(H,25,27,33)/b19-14-. The number of para-hydroxylation sites is 1. The Labute approximate surface area is 194 Å². The summed E-state index contributed by atoms with van der Waals surface area (Å²) in [6.45, 7) is 0.953. The van der Waals surface area contributed by atoms with Gasteiger partial charge in [-0.25, -0.2) is 0 Å². The van der Waals surface area contributed by atoms with E-state index in [0.29, 0.717) is 41.9 Å². The molecule has 0 atom stereocenters. The average molecular weight is 462 g/mol. The van der Waals surface area contributed by atoms with E-state index in [2.05, 4.69) is 5.32 Å². The van der Waals surface area contributed by atoms with Crippen molar-refractivity contribution in [3.8, 4) is 11.5 Å². The predicted octanol–water partition coefficient (Wildman–Crippen LogP) is 3.95. The fourth-order valence-corrected chi connectivity index (χ4v) is 3.70. The third-order valence-electron chi connectivity index (χ3n) is 4.96. The van der Waals surface area contributed by atoms with Gasteiger partial charge in [0.25, 0.3) is 11.8 Å². The van der Waals surface area contributed by atoms with Crippen molar-refractivity contribution in [3.63, 3.8) is 0 Å². The number of hydrogen-bond acceptors (Lipinski definition) is 7. The van der Waals surface area contributed by atoms with E-state index in [1.54, 1.807) is 36.4 Å². The van der Waals surface area contributed by atoms with Gasteiger partial charge in [-0.1, -0.05) is 18.2 Å². The molecule has 3 heterocycles. The molecule has 0 bridgehead atoms. The molecule has 33 heavy (non-hydrogen) atoms. The highest BCUT2D eigenvalue weighted by atomic mass is 32.1. The maximum Gasteiger partial charge on any atom is 0.270 e. The second-order valence-electron chi connectivity index (χ2n) is 7.18. The molecule has 0 unspecified atom stereocenters. The van der Waals surface area contributed by atoms with Gasteiger partial charge in [0.2, 0.25) is 6.29 Å². The van der Waals surface area contributed by atoms with Gasteiger partial charge < -0.3 is 18.6 Å². The molecule has 8 nitrogen and oxygen atoms in total. The Kier molecular flexibility index (Phi) is 5.74. The molecule has 2 aromatic carbocycles. The smallest absolute Gasteiger partial charge is 0.270 e. The summed E-state index contributed by atoms with van der Waals surface area (Å²) >= 11 is 5.25. The lowest BCUT2D eigenvalue weighted by Crippen LogP contribution is -2.54. The molecular weight excluding hydrogens is 444 g/mol. The minimum atomic E-state index is -0.600. The Morgan fingerprint density at radius 1 is 0.939 bits per heavy atom. The van der Waals surface area contributed by atoms with E-state index in [9.17, 15) is 9.59 Å². The van der Waals surface area contributed by atoms with E-state index in [1.165, 1.54) is 11.0 Å². The second-order valence-corrected chi connectivity index (χ2v) is 7.57. The molecule has 0 saturated carbocycles. The Morgan fingerprint density at radius 3 is 2.36 bits per heavy atom. The monoisotopic (exact) mass is 462 g/mol. The summed E-state index contributed by atoms with van der Waals surface area (Å²) in [5.74, 6) is 0.910. The Bertz CT molecular complexity index is 1230. The van der Waals surface area contributed by atoms with E-state index < -0.39 is 18.1 Å². The van der Waals surface area contributed by atoms with Crippen LogP contribution in [-0.2, 0) is 19.1 Å². The molecule has 3 aromatic rings. The van der Waals surface area contributed by atoms with Crippen molar-refractivity contribution in [1.29, 1.82) is 0 Å². The summed E-state index contributed by atoms with van der Waals surface area (Å²) in [4.78, 5) is 26.9. The van der Waals surface area contributed by atoms with Crippen LogP contribution >= 0.6 is 12.2 Å². The van der Waals surface area contributed by atoms with Gasteiger partial charge in [0, 0.05) is 0 Å². The highest BCUT2D eigenvalue weighted by Crippen LogP contribution is 2.29. The molecule has 0 radical (unpaired) electrons. The molecule has 2 aliphatic heterocycles. The first-order chi connectivity index (χ1) is 16.1. The van der Waals surface area contributed by atoms with Crippen LogP contribution in [0.5, 0.6) is 11.5 Å². The summed E-state index contributed by atoms with van der Waals surface area (Å²) < 4.78 is 22.3. The zero-order valence-electron chi connectivity index (χ0n) is 17.2. The van der Waals surface area contributed by atoms with Crippen molar-refractivity contribution in [1.82, 2.24) is 5.32 Å². The Hall–Kier alpha value is -3.79. The van der Waals surface area contributed by atoms with E-state index in [0.717, 1.165) is 0 Å². The highest BCUT2D eigenvalue weighted by Gasteiger charge is 2.35. The van der Waals surface area contributed by atoms with Crippen LogP contribution in [0.2, 0.25) is 0 Å². The summed E-state index contributed by atoms with van der Waals surface area (Å²) in [7, 11) is 0. The zero-order chi connectivity index (χ0) is 22.8. The minimum Gasteiger partial charge on any atom is -0.457 e. The van der Waals surface area contributed by atoms with Crippen molar-refractivity contribution >= 4 is 40.9 Å². The number of carbonyl (C=O) groups excluding carboxylic acids is 2. The number of thiocarbonyl (C=S) groups is 1. The number of benzene rings is 2. The minimum absolute atomic E-state index is 0.00762. The van der Waals surface area contributed by atoms with E-state index in [1.807, 2.05) is 30.3 Å². The van der Waals surface area contributed by atoms with Gasteiger partial charge in [0.1, 0.15) is 22.8 Å². The molecule has 1 N–H and O–H groups in total. The van der Waals surface area contributed by atoms with Crippen LogP contribution in [0.1, 0.15) is 17.8 Å². The van der Waals surface area contributed by atoms with Crippen LogP contribution in [0.4, 0.5) is 5.69 Å². The van der Waals surface area contributed by atoms with E-state index in [4.69, 9.17) is 30.8 Å². The molecule has 2 saturated heterocycles. The van der Waals surface area contributed by atoms with Crippen LogP contribution < -0.4 is 15.0 Å². The number of ether oxygens (including phenoxy) is 3. The highest BCUT2D eigenvalue weighted by molar-refractivity contribution is 7.80. The van der Waals surface area contributed by atoms with Crippen molar-refractivity contribution in [2.45, 2.75) is 6.29 Å². The van der Waals surface area contributed by atoms with Crippen LogP contribution in [0.15, 0.2) is 76.7 Å². The van der Waals surface area contributed by atoms with Crippen LogP contribution in [0, 0.1) is 0 Å². The lowest BCUT2D eigenvalue weighted by Gasteiger charge is -2.28. The predicted molar refractivity (Wildman–Crippen MR) is 123 cm³/mol. The number of anilines is 1. The summed E-state index contributed by atoms with van der Waals surface area (Å²) in [6.07, 6.45) is 0.784. The Balaban J connectivity index is 1.37. The van der Waals surface area contributed by atoms with Gasteiger partial charge in [-0.15, -0.1) is 0 Å². The normalized spacial score (nSPS) is 18.1. The van der Waals surface area contributed by atoms with Crippen LogP contribution in [0.25, 0.3) is 6.08 Å².